The van der Waals surface area contributed by atoms with Crippen molar-refractivity contribution in [2.75, 3.05) is 13.1 Å². The number of aliphatic imine (C=N–C) groups is 1. The third-order valence-corrected chi connectivity index (χ3v) is 7.71. The van der Waals surface area contributed by atoms with Gasteiger partial charge in [0.25, 0.3) is 5.91 Å². The predicted octanol–water partition coefficient (Wildman–Crippen LogP) is 4.20. The van der Waals surface area contributed by atoms with E-state index < -0.39 is 11.0 Å². The van der Waals surface area contributed by atoms with Gasteiger partial charge in [0, 0.05) is 30.7 Å². The molecular weight excluding hydrogens is 506 g/mol. The number of rotatable bonds is 3. The van der Waals surface area contributed by atoms with Gasteiger partial charge in [-0.25, -0.2) is 14.3 Å². The number of fused-ring (bicyclic) bond motifs is 2. The van der Waals surface area contributed by atoms with E-state index in [1.165, 1.54) is 0 Å². The number of amides is 2. The molecule has 0 aromatic carbocycles. The smallest absolute Gasteiger partial charge is 0.410 e. The van der Waals surface area contributed by atoms with Crippen molar-refractivity contribution in [3.8, 4) is 0 Å². The molecule has 4 atom stereocenters. The van der Waals surface area contributed by atoms with Gasteiger partial charge in [0.05, 0.1) is 29.4 Å². The highest BCUT2D eigenvalue weighted by Gasteiger charge is 2.45. The molecule has 0 radical (unpaired) electrons. The lowest BCUT2D eigenvalue weighted by atomic mass is 9.73. The molecule has 2 aromatic heterocycles. The van der Waals surface area contributed by atoms with Crippen LogP contribution in [0.4, 0.5) is 4.79 Å². The standard InChI is InChI=1S/C30H39N7O3/c1-18-14-22(34-36-15-19(2)32-26(18)36)27(38)33-24-11-10-23(25-30(24,8)12-9-13-31-25)35-16-20(3)37(21(4)17-35)28(39)40-29(5,6)7/h9-15,20-21,25H,16-17H2,1-8H3,(H,33,38)/t20-,21+,25?,30?. The lowest BCUT2D eigenvalue weighted by Gasteiger charge is -2.49. The number of nitrogens with one attached hydrogen (secondary N) is 1. The van der Waals surface area contributed by atoms with Crippen molar-refractivity contribution >= 4 is 23.9 Å². The molecule has 0 saturated carbocycles. The first-order valence-corrected chi connectivity index (χ1v) is 13.8. The first-order chi connectivity index (χ1) is 18.8. The Kier molecular flexibility index (Phi) is 6.84. The molecule has 1 saturated heterocycles. The largest absolute Gasteiger partial charge is 0.444 e. The normalized spacial score (nSPS) is 26.4. The Morgan fingerprint density at radius 3 is 2.50 bits per heavy atom. The van der Waals surface area contributed by atoms with Crippen molar-refractivity contribution in [3.63, 3.8) is 0 Å². The van der Waals surface area contributed by atoms with E-state index in [0.29, 0.717) is 18.8 Å². The van der Waals surface area contributed by atoms with Gasteiger partial charge in [-0.2, -0.15) is 5.10 Å². The summed E-state index contributed by atoms with van der Waals surface area (Å²) in [4.78, 5) is 39.8. The highest BCUT2D eigenvalue weighted by Crippen LogP contribution is 2.43. The quantitative estimate of drug-likeness (QED) is 0.620. The van der Waals surface area contributed by atoms with Gasteiger partial charge in [-0.05, 0) is 85.2 Å². The molecule has 10 heteroatoms. The minimum Gasteiger partial charge on any atom is -0.444 e. The number of aromatic nitrogens is 3. The molecule has 1 N–H and O–H groups in total. The lowest BCUT2D eigenvalue weighted by Crippen LogP contribution is -2.60. The summed E-state index contributed by atoms with van der Waals surface area (Å²) in [5, 5.41) is 7.63. The summed E-state index contributed by atoms with van der Waals surface area (Å²) in [5.74, 6) is -0.282. The molecule has 1 fully saturated rings. The second-order valence-corrected chi connectivity index (χ2v) is 12.3. The summed E-state index contributed by atoms with van der Waals surface area (Å²) in [6.45, 7) is 17.0. The summed E-state index contributed by atoms with van der Waals surface area (Å²) in [5.41, 5.74) is 3.50. The van der Waals surface area contributed by atoms with Gasteiger partial charge >= 0.3 is 6.09 Å². The Morgan fingerprint density at radius 1 is 1.12 bits per heavy atom. The van der Waals surface area contributed by atoms with Gasteiger partial charge in [0.2, 0.25) is 0 Å². The van der Waals surface area contributed by atoms with Gasteiger partial charge in [-0.1, -0.05) is 6.08 Å². The van der Waals surface area contributed by atoms with Crippen LogP contribution >= 0.6 is 0 Å². The second kappa shape index (κ2) is 9.91. The highest BCUT2D eigenvalue weighted by molar-refractivity contribution is 5.94. The molecule has 3 aliphatic rings. The molecule has 40 heavy (non-hydrogen) atoms. The fourth-order valence-corrected chi connectivity index (χ4v) is 5.89. The molecule has 2 aliphatic heterocycles. The fraction of sp³-hybridized carbons (Fsp3) is 0.500. The zero-order chi connectivity index (χ0) is 29.0. The molecule has 4 heterocycles. The van der Waals surface area contributed by atoms with E-state index in [0.717, 1.165) is 28.3 Å². The van der Waals surface area contributed by atoms with Crippen LogP contribution in [0.5, 0.6) is 0 Å². The molecule has 5 rings (SSSR count). The topological polar surface area (TPSA) is 104 Å². The number of allylic oxidation sites excluding steroid dienone is 3. The summed E-state index contributed by atoms with van der Waals surface area (Å²) < 4.78 is 7.34. The van der Waals surface area contributed by atoms with E-state index in [1.807, 2.05) is 84.0 Å². The van der Waals surface area contributed by atoms with E-state index in [2.05, 4.69) is 33.3 Å². The number of hydrogen-bond acceptors (Lipinski definition) is 7. The number of ether oxygens (including phenoxy) is 1. The average molecular weight is 546 g/mol. The Morgan fingerprint density at radius 2 is 1.82 bits per heavy atom. The summed E-state index contributed by atoms with van der Waals surface area (Å²) in [6.07, 6.45) is 11.4. The van der Waals surface area contributed by atoms with E-state index in [9.17, 15) is 9.59 Å². The minimum atomic E-state index is -0.561. The minimum absolute atomic E-state index is 0.0463. The molecule has 0 bridgehead atoms. The molecule has 2 unspecified atom stereocenters. The van der Waals surface area contributed by atoms with Gasteiger partial charge in [-0.3, -0.25) is 14.7 Å². The van der Waals surface area contributed by atoms with Crippen molar-refractivity contribution in [1.29, 1.82) is 0 Å². The molecule has 212 valence electrons. The third kappa shape index (κ3) is 5.02. The number of imidazole rings is 1. The van der Waals surface area contributed by atoms with Crippen LogP contribution in [0.2, 0.25) is 0 Å². The maximum Gasteiger partial charge on any atom is 0.410 e. The zero-order valence-electron chi connectivity index (χ0n) is 24.6. The lowest BCUT2D eigenvalue weighted by molar-refractivity contribution is -0.0114. The molecule has 2 amide bonds. The molecule has 2 aromatic rings. The number of carbonyl (C=O) groups excluding carboxylic acids is 2. The van der Waals surface area contributed by atoms with Crippen LogP contribution in [0.3, 0.4) is 0 Å². The Balaban J connectivity index is 1.40. The predicted molar refractivity (Wildman–Crippen MR) is 154 cm³/mol. The third-order valence-electron chi connectivity index (χ3n) is 7.71. The number of nitrogens with zero attached hydrogens (tertiary/aromatic N) is 6. The van der Waals surface area contributed by atoms with Gasteiger partial charge in [-0.15, -0.1) is 0 Å². The number of carbonyl (C=O) groups is 2. The number of aryl methyl sites for hydroxylation is 2. The van der Waals surface area contributed by atoms with Crippen LogP contribution in [0.25, 0.3) is 5.65 Å². The van der Waals surface area contributed by atoms with E-state index in [4.69, 9.17) is 9.73 Å². The maximum absolute atomic E-state index is 13.4. The first kappa shape index (κ1) is 27.6. The fourth-order valence-electron chi connectivity index (χ4n) is 5.89. The van der Waals surface area contributed by atoms with Crippen LogP contribution < -0.4 is 5.32 Å². The van der Waals surface area contributed by atoms with Gasteiger partial charge < -0.3 is 15.0 Å². The number of piperazine rings is 1. The van der Waals surface area contributed by atoms with Gasteiger partial charge in [0.15, 0.2) is 5.65 Å². The van der Waals surface area contributed by atoms with E-state index in [1.54, 1.807) is 10.6 Å². The van der Waals surface area contributed by atoms with Crippen molar-refractivity contribution < 1.29 is 14.3 Å². The van der Waals surface area contributed by atoms with Crippen LogP contribution in [0.1, 0.15) is 63.3 Å². The second-order valence-electron chi connectivity index (χ2n) is 12.3. The molecule has 0 spiro atoms. The summed E-state index contributed by atoms with van der Waals surface area (Å²) in [6, 6.07) is 1.45. The van der Waals surface area contributed by atoms with E-state index in [-0.39, 0.29) is 30.1 Å². The van der Waals surface area contributed by atoms with Crippen molar-refractivity contribution in [2.24, 2.45) is 10.4 Å². The van der Waals surface area contributed by atoms with Crippen molar-refractivity contribution in [3.05, 3.63) is 64.9 Å². The van der Waals surface area contributed by atoms with Crippen LogP contribution in [0, 0.1) is 19.3 Å². The maximum atomic E-state index is 13.4. The number of dihydropyridines is 1. The summed E-state index contributed by atoms with van der Waals surface area (Å²) >= 11 is 0. The average Bonchev–Trinajstić information content (AvgIpc) is 3.23. The van der Waals surface area contributed by atoms with E-state index >= 15 is 0 Å². The summed E-state index contributed by atoms with van der Waals surface area (Å²) in [7, 11) is 0. The van der Waals surface area contributed by atoms with Crippen molar-refractivity contribution in [2.45, 2.75) is 79.1 Å². The zero-order valence-corrected chi connectivity index (χ0v) is 24.6. The van der Waals surface area contributed by atoms with Gasteiger partial charge in [0.1, 0.15) is 17.3 Å². The molecule has 10 nitrogen and oxygen atoms in total. The SMILES string of the molecule is Cc1cn2nc(C(=O)NC3=CC=C(N4C[C@@H](C)N(C(=O)OC(C)(C)C)[C@@H](C)C4)C4N=CC=CC34C)cc(C)c2n1. The monoisotopic (exact) mass is 545 g/mol. The van der Waals surface area contributed by atoms with Crippen molar-refractivity contribution in [1.82, 2.24) is 29.7 Å². The Bertz CT molecular complexity index is 1470. The van der Waals surface area contributed by atoms with Crippen LogP contribution in [-0.2, 0) is 4.74 Å². The highest BCUT2D eigenvalue weighted by atomic mass is 16.6. The number of hydrogen-bond donors (Lipinski definition) is 1. The Hall–Kier alpha value is -3.95. The van der Waals surface area contributed by atoms with Crippen LogP contribution in [-0.4, -0.2) is 79.4 Å². The molecular formula is C30H39N7O3. The van der Waals surface area contributed by atoms with Crippen LogP contribution in [0.15, 0.2) is 53.0 Å². The Labute approximate surface area is 235 Å². The first-order valence-electron chi connectivity index (χ1n) is 13.8. The molecule has 1 aliphatic carbocycles.